The summed E-state index contributed by atoms with van der Waals surface area (Å²) < 4.78 is 18.1. The molecule has 2 heterocycles. The largest absolute Gasteiger partial charge is 0.339 e. The molecule has 108 valence electrons. The van der Waals surface area contributed by atoms with Crippen LogP contribution in [-0.2, 0) is 6.42 Å². The monoisotopic (exact) mass is 278 g/mol. The van der Waals surface area contributed by atoms with E-state index in [4.69, 9.17) is 4.52 Å². The summed E-state index contributed by atoms with van der Waals surface area (Å²) in [4.78, 5) is 8.25. The zero-order valence-corrected chi connectivity index (χ0v) is 11.8. The molecule has 0 aliphatic rings. The van der Waals surface area contributed by atoms with E-state index in [1.165, 1.54) is 12.1 Å². The van der Waals surface area contributed by atoms with E-state index in [1.807, 2.05) is 0 Å². The molecule has 1 atom stereocenters. The molecule has 0 amide bonds. The Morgan fingerprint density at radius 2 is 2.20 bits per heavy atom. The Morgan fingerprint density at radius 1 is 1.35 bits per heavy atom. The van der Waals surface area contributed by atoms with Gasteiger partial charge in [-0.3, -0.25) is 0 Å². The first-order valence-corrected chi connectivity index (χ1v) is 6.90. The summed E-state index contributed by atoms with van der Waals surface area (Å²) >= 11 is 0. The molecule has 5 nitrogen and oxygen atoms in total. The molecule has 2 aromatic rings. The fourth-order valence-electron chi connectivity index (χ4n) is 2.07. The van der Waals surface area contributed by atoms with E-state index >= 15 is 0 Å². The molecule has 0 spiro atoms. The van der Waals surface area contributed by atoms with Gasteiger partial charge in [0.25, 0.3) is 0 Å². The number of hydrogen-bond acceptors (Lipinski definition) is 5. The number of hydrogen-bond donors (Lipinski definition) is 1. The van der Waals surface area contributed by atoms with Crippen molar-refractivity contribution in [1.29, 1.82) is 0 Å². The van der Waals surface area contributed by atoms with Gasteiger partial charge < -0.3 is 9.84 Å². The number of halogens is 1. The molecular formula is C14H19FN4O. The smallest absolute Gasteiger partial charge is 0.228 e. The van der Waals surface area contributed by atoms with Gasteiger partial charge >= 0.3 is 0 Å². The van der Waals surface area contributed by atoms with Gasteiger partial charge in [-0.1, -0.05) is 25.4 Å². The van der Waals surface area contributed by atoms with Crippen LogP contribution in [0.3, 0.4) is 0 Å². The average molecular weight is 278 g/mol. The molecular weight excluding hydrogens is 259 g/mol. The molecule has 1 unspecified atom stereocenters. The zero-order chi connectivity index (χ0) is 14.4. The van der Waals surface area contributed by atoms with Crippen LogP contribution in [0.5, 0.6) is 0 Å². The van der Waals surface area contributed by atoms with E-state index in [-0.39, 0.29) is 5.82 Å². The SMILES string of the molecule is CCCC(Cc1nc(-c2ccc(F)cn2)no1)NCC. The molecule has 0 fully saturated rings. The lowest BCUT2D eigenvalue weighted by molar-refractivity contribution is 0.352. The van der Waals surface area contributed by atoms with Gasteiger partial charge in [0.15, 0.2) is 0 Å². The summed E-state index contributed by atoms with van der Waals surface area (Å²) in [6.07, 6.45) is 3.98. The zero-order valence-electron chi connectivity index (χ0n) is 11.8. The van der Waals surface area contributed by atoms with Gasteiger partial charge in [0.1, 0.15) is 11.5 Å². The van der Waals surface area contributed by atoms with Crippen molar-refractivity contribution >= 4 is 0 Å². The summed E-state index contributed by atoms with van der Waals surface area (Å²) in [6.45, 7) is 5.13. The topological polar surface area (TPSA) is 63.8 Å². The third kappa shape index (κ3) is 3.84. The minimum atomic E-state index is -0.382. The lowest BCUT2D eigenvalue weighted by Gasteiger charge is -2.14. The van der Waals surface area contributed by atoms with Gasteiger partial charge in [-0.15, -0.1) is 0 Å². The van der Waals surface area contributed by atoms with Gasteiger partial charge in [-0.2, -0.15) is 4.98 Å². The minimum Gasteiger partial charge on any atom is -0.339 e. The highest BCUT2D eigenvalue weighted by molar-refractivity contribution is 5.47. The molecule has 0 saturated carbocycles. The second-order valence-electron chi connectivity index (χ2n) is 4.62. The first-order chi connectivity index (χ1) is 9.72. The van der Waals surface area contributed by atoms with Gasteiger partial charge in [0.05, 0.1) is 6.20 Å². The summed E-state index contributed by atoms with van der Waals surface area (Å²) in [7, 11) is 0. The fourth-order valence-corrected chi connectivity index (χ4v) is 2.07. The molecule has 1 N–H and O–H groups in total. The van der Waals surface area contributed by atoms with Crippen molar-refractivity contribution in [2.45, 2.75) is 39.2 Å². The third-order valence-corrected chi connectivity index (χ3v) is 2.98. The van der Waals surface area contributed by atoms with Gasteiger partial charge in [0, 0.05) is 12.5 Å². The van der Waals surface area contributed by atoms with E-state index in [0.29, 0.717) is 29.9 Å². The standard InChI is InChI=1S/C14H19FN4O/c1-3-5-11(16-4-2)8-13-18-14(19-20-13)12-7-6-10(15)9-17-12/h6-7,9,11,16H,3-5,8H2,1-2H3. The predicted octanol–water partition coefficient (Wildman–Crippen LogP) is 2.59. The molecule has 6 heteroatoms. The summed E-state index contributed by atoms with van der Waals surface area (Å²) in [6, 6.07) is 3.20. The number of likely N-dealkylation sites (N-methyl/N-ethyl adjacent to an activating group) is 1. The molecule has 0 aromatic carbocycles. The van der Waals surface area contributed by atoms with Crippen LogP contribution in [0.1, 0.15) is 32.6 Å². The highest BCUT2D eigenvalue weighted by Gasteiger charge is 2.14. The van der Waals surface area contributed by atoms with E-state index in [9.17, 15) is 4.39 Å². The van der Waals surface area contributed by atoms with Gasteiger partial charge in [-0.25, -0.2) is 9.37 Å². The van der Waals surface area contributed by atoms with Crippen molar-refractivity contribution in [3.05, 3.63) is 30.0 Å². The Bertz CT molecular complexity index is 520. The summed E-state index contributed by atoms with van der Waals surface area (Å²) in [5, 5.41) is 7.29. The Balaban J connectivity index is 2.06. The first kappa shape index (κ1) is 14.6. The average Bonchev–Trinajstić information content (AvgIpc) is 2.89. The Hall–Kier alpha value is -1.82. The number of aromatic nitrogens is 3. The molecule has 0 radical (unpaired) electrons. The number of pyridine rings is 1. The summed E-state index contributed by atoms with van der Waals surface area (Å²) in [5.74, 6) is 0.588. The van der Waals surface area contributed by atoms with E-state index in [2.05, 4.69) is 34.3 Å². The number of nitrogens with zero attached hydrogens (tertiary/aromatic N) is 3. The minimum absolute atomic E-state index is 0.333. The van der Waals surface area contributed by atoms with Gasteiger partial charge in [-0.05, 0) is 25.1 Å². The quantitative estimate of drug-likeness (QED) is 0.843. The maximum Gasteiger partial charge on any atom is 0.228 e. The molecule has 20 heavy (non-hydrogen) atoms. The highest BCUT2D eigenvalue weighted by Crippen LogP contribution is 2.14. The third-order valence-electron chi connectivity index (χ3n) is 2.98. The molecule has 2 rings (SSSR count). The van der Waals surface area contributed by atoms with E-state index in [1.54, 1.807) is 0 Å². The van der Waals surface area contributed by atoms with E-state index < -0.39 is 0 Å². The Morgan fingerprint density at radius 3 is 2.85 bits per heavy atom. The molecule has 0 aliphatic carbocycles. The van der Waals surface area contributed by atoms with Crippen molar-refractivity contribution in [2.75, 3.05) is 6.54 Å². The van der Waals surface area contributed by atoms with Crippen LogP contribution in [0.15, 0.2) is 22.9 Å². The van der Waals surface area contributed by atoms with Crippen LogP contribution >= 0.6 is 0 Å². The van der Waals surface area contributed by atoms with Crippen LogP contribution in [0.2, 0.25) is 0 Å². The first-order valence-electron chi connectivity index (χ1n) is 6.90. The fraction of sp³-hybridized carbons (Fsp3) is 0.500. The maximum atomic E-state index is 12.8. The van der Waals surface area contributed by atoms with Crippen LogP contribution in [0.25, 0.3) is 11.5 Å². The van der Waals surface area contributed by atoms with Crippen molar-refractivity contribution < 1.29 is 8.91 Å². The van der Waals surface area contributed by atoms with Crippen LogP contribution in [0.4, 0.5) is 4.39 Å². The van der Waals surface area contributed by atoms with Crippen molar-refractivity contribution in [1.82, 2.24) is 20.4 Å². The second-order valence-corrected chi connectivity index (χ2v) is 4.62. The van der Waals surface area contributed by atoms with Crippen LogP contribution in [0, 0.1) is 5.82 Å². The predicted molar refractivity (Wildman–Crippen MR) is 73.6 cm³/mol. The number of rotatable bonds is 7. The Kier molecular flexibility index (Phi) is 5.17. The lowest BCUT2D eigenvalue weighted by atomic mass is 10.1. The second kappa shape index (κ2) is 7.09. The van der Waals surface area contributed by atoms with Crippen molar-refractivity contribution in [3.63, 3.8) is 0 Å². The molecule has 0 aliphatic heterocycles. The maximum absolute atomic E-state index is 12.8. The summed E-state index contributed by atoms with van der Waals surface area (Å²) in [5.41, 5.74) is 0.511. The van der Waals surface area contributed by atoms with Crippen molar-refractivity contribution in [3.8, 4) is 11.5 Å². The number of nitrogens with one attached hydrogen (secondary N) is 1. The molecule has 2 aromatic heterocycles. The molecule has 0 saturated heterocycles. The van der Waals surface area contributed by atoms with Crippen LogP contribution in [-0.4, -0.2) is 27.7 Å². The highest BCUT2D eigenvalue weighted by atomic mass is 19.1. The van der Waals surface area contributed by atoms with Crippen molar-refractivity contribution in [2.24, 2.45) is 0 Å². The lowest BCUT2D eigenvalue weighted by Crippen LogP contribution is -2.30. The normalized spacial score (nSPS) is 12.6. The van der Waals surface area contributed by atoms with Gasteiger partial charge in [0.2, 0.25) is 11.7 Å². The van der Waals surface area contributed by atoms with Crippen LogP contribution < -0.4 is 5.32 Å². The molecule has 0 bridgehead atoms. The Labute approximate surface area is 117 Å². The van der Waals surface area contributed by atoms with E-state index in [0.717, 1.165) is 25.6 Å².